The maximum Gasteiger partial charge on any atom is 0.240 e. The first kappa shape index (κ1) is 53.4. The second-order valence-electron chi connectivity index (χ2n) is 23.3. The van der Waals surface area contributed by atoms with Crippen LogP contribution in [-0.4, -0.2) is 44.8 Å². The molecule has 0 amide bonds. The van der Waals surface area contributed by atoms with Crippen LogP contribution < -0.4 is 41.5 Å². The highest BCUT2D eigenvalue weighted by atomic mass is 28.3. The molecule has 0 unspecified atom stereocenters. The number of fused-ring (bicyclic) bond motifs is 10. The fourth-order valence-corrected chi connectivity index (χ4v) is 24.4. The van der Waals surface area contributed by atoms with E-state index in [0.29, 0.717) is 23.3 Å². The summed E-state index contributed by atoms with van der Waals surface area (Å²) in [5.41, 5.74) is 8.32. The molecule has 0 N–H and O–H groups in total. The van der Waals surface area contributed by atoms with Crippen LogP contribution in [0.25, 0.3) is 94.4 Å². The number of hydrogen-bond donors (Lipinski definition) is 0. The van der Waals surface area contributed by atoms with Gasteiger partial charge in [0, 0.05) is 43.6 Å². The predicted molar refractivity (Wildman–Crippen MR) is 380 cm³/mol. The molecule has 13 aromatic carbocycles. The summed E-state index contributed by atoms with van der Waals surface area (Å²) in [6.07, 6.45) is 0. The van der Waals surface area contributed by atoms with Crippen molar-refractivity contribution in [1.29, 1.82) is 5.26 Å². The van der Waals surface area contributed by atoms with Gasteiger partial charge < -0.3 is 4.57 Å². The fourth-order valence-electron chi connectivity index (χ4n) is 14.8. The van der Waals surface area contributed by atoms with E-state index in [1.807, 2.05) is 12.1 Å². The molecular formula is C82H55N7Si2. The van der Waals surface area contributed by atoms with Crippen LogP contribution in [0.5, 0.6) is 0 Å². The smallest absolute Gasteiger partial charge is 0.240 e. The quantitative estimate of drug-likeness (QED) is 0.0902. The molecule has 426 valence electrons. The summed E-state index contributed by atoms with van der Waals surface area (Å²) in [6.45, 7) is 0. The number of benzene rings is 13. The van der Waals surface area contributed by atoms with Crippen molar-refractivity contribution < 1.29 is 0 Å². The van der Waals surface area contributed by atoms with Crippen molar-refractivity contribution in [3.05, 3.63) is 339 Å². The van der Waals surface area contributed by atoms with Gasteiger partial charge in [-0.25, -0.2) is 0 Å². The Hall–Kier alpha value is -11.8. The lowest BCUT2D eigenvalue weighted by molar-refractivity contribution is 0.894. The van der Waals surface area contributed by atoms with Crippen molar-refractivity contribution in [2.24, 2.45) is 0 Å². The molecule has 0 aliphatic rings. The highest BCUT2D eigenvalue weighted by molar-refractivity contribution is 7.20. The van der Waals surface area contributed by atoms with Gasteiger partial charge >= 0.3 is 0 Å². The Morgan fingerprint density at radius 1 is 0.275 bits per heavy atom. The van der Waals surface area contributed by atoms with Gasteiger partial charge in [0.05, 0.1) is 44.7 Å². The van der Waals surface area contributed by atoms with Crippen LogP contribution in [0.2, 0.25) is 0 Å². The molecule has 0 radical (unpaired) electrons. The van der Waals surface area contributed by atoms with E-state index in [0.717, 1.165) is 76.7 Å². The average Bonchev–Trinajstić information content (AvgIpc) is 1.70. The molecule has 0 aliphatic heterocycles. The monoisotopic (exact) mass is 1190 g/mol. The molecule has 7 nitrogen and oxygen atoms in total. The SMILES string of the molecule is N#Cc1ccc2c(c1)c1ccc3c(c4ccccc4n3-c3cccc([Si](c4ccccc4)(c4ccccc4)c4ccccc4)c3)c1n2-c1nc(-c2cccc([Si](c3ccccc3)(c3ccccc3)c3ccccc3)c2)nc(-n2c3ccccc3c3ccccc32)n1. The third kappa shape index (κ3) is 8.35. The van der Waals surface area contributed by atoms with Gasteiger partial charge in [-0.2, -0.15) is 20.2 Å². The molecule has 0 aliphatic carbocycles. The van der Waals surface area contributed by atoms with E-state index in [1.165, 1.54) is 41.5 Å². The summed E-state index contributed by atoms with van der Waals surface area (Å²) in [6, 6.07) is 123. The van der Waals surface area contributed by atoms with E-state index in [2.05, 4.69) is 341 Å². The fraction of sp³-hybridized carbons (Fsp3) is 0. The highest BCUT2D eigenvalue weighted by Gasteiger charge is 2.43. The van der Waals surface area contributed by atoms with Gasteiger partial charge in [0.2, 0.25) is 11.9 Å². The number of hydrogen-bond acceptors (Lipinski definition) is 4. The van der Waals surface area contributed by atoms with Crippen LogP contribution in [0.15, 0.2) is 334 Å². The van der Waals surface area contributed by atoms with Crippen LogP contribution in [0, 0.1) is 11.3 Å². The Labute approximate surface area is 528 Å². The van der Waals surface area contributed by atoms with E-state index in [9.17, 15) is 5.26 Å². The van der Waals surface area contributed by atoms with Crippen molar-refractivity contribution in [2.45, 2.75) is 0 Å². The number of aromatic nitrogens is 6. The van der Waals surface area contributed by atoms with E-state index >= 15 is 0 Å². The Morgan fingerprint density at radius 3 is 1.16 bits per heavy atom. The minimum absolute atomic E-state index is 0.449. The van der Waals surface area contributed by atoms with E-state index in [1.54, 1.807) is 0 Å². The van der Waals surface area contributed by atoms with Crippen molar-refractivity contribution in [3.8, 4) is 35.0 Å². The third-order valence-electron chi connectivity index (χ3n) is 18.6. The van der Waals surface area contributed by atoms with Gasteiger partial charge in [-0.15, -0.1) is 0 Å². The molecule has 4 aromatic heterocycles. The summed E-state index contributed by atoms with van der Waals surface area (Å²) in [5.74, 6) is 1.46. The summed E-state index contributed by atoms with van der Waals surface area (Å²) in [4.78, 5) is 17.1. The number of rotatable bonds is 12. The van der Waals surface area contributed by atoms with Crippen LogP contribution in [0.1, 0.15) is 5.56 Å². The normalized spacial score (nSPS) is 11.9. The van der Waals surface area contributed by atoms with E-state index in [4.69, 9.17) is 15.0 Å². The highest BCUT2D eigenvalue weighted by Crippen LogP contribution is 2.42. The van der Waals surface area contributed by atoms with Crippen molar-refractivity contribution >= 4 is 123 Å². The Kier molecular flexibility index (Phi) is 12.8. The average molecular weight is 1190 g/mol. The van der Waals surface area contributed by atoms with Crippen molar-refractivity contribution in [1.82, 2.24) is 28.7 Å². The molecule has 4 heterocycles. The zero-order valence-electron chi connectivity index (χ0n) is 49.4. The lowest BCUT2D eigenvalue weighted by Crippen LogP contribution is -2.74. The molecule has 0 spiro atoms. The Bertz CT molecular complexity index is 5420. The van der Waals surface area contributed by atoms with Crippen LogP contribution in [0.3, 0.4) is 0 Å². The summed E-state index contributed by atoms with van der Waals surface area (Å²) < 4.78 is 6.87. The largest absolute Gasteiger partial charge is 0.309 e. The van der Waals surface area contributed by atoms with E-state index < -0.39 is 16.1 Å². The summed E-state index contributed by atoms with van der Waals surface area (Å²) in [7, 11) is -5.94. The molecule has 17 rings (SSSR count). The molecule has 0 bridgehead atoms. The van der Waals surface area contributed by atoms with Crippen LogP contribution in [-0.2, 0) is 0 Å². The molecular weight excluding hydrogens is 1140 g/mol. The summed E-state index contributed by atoms with van der Waals surface area (Å²) >= 11 is 0. The molecule has 0 saturated heterocycles. The minimum atomic E-state index is -3.01. The standard InChI is InChI=1S/C82H55N7Si2/c83-56-57-49-51-76-72(53-57)70-50-52-77-78(71-45-21-24-48-75(71)87(77)59-28-26-42-67(55-59)91(63-35-13-4-14-36-63,64-37-15-5-16-38-64)65-39-17-6-18-40-65)79(70)89(76)82-85-80(84-81(86-82)88-73-46-22-19-43-68(73)69-44-20-23-47-74(69)88)58-27-25-41-66(54-58)90(60-29-7-1-8-30-60,61-31-9-2-10-32-61)62-33-11-3-12-34-62/h1-55H. The van der Waals surface area contributed by atoms with Gasteiger partial charge in [0.25, 0.3) is 0 Å². The van der Waals surface area contributed by atoms with Gasteiger partial charge in [-0.05, 0) is 96.1 Å². The number of para-hydroxylation sites is 3. The Morgan fingerprint density at radius 2 is 0.670 bits per heavy atom. The molecule has 17 aromatic rings. The van der Waals surface area contributed by atoms with Gasteiger partial charge in [-0.3, -0.25) is 9.13 Å². The maximum atomic E-state index is 10.6. The first-order chi connectivity index (χ1) is 45.1. The Balaban J connectivity index is 0.961. The molecule has 0 fully saturated rings. The topological polar surface area (TPSA) is 77.2 Å². The van der Waals surface area contributed by atoms with Crippen LogP contribution in [0.4, 0.5) is 0 Å². The zero-order chi connectivity index (χ0) is 60.5. The lowest BCUT2D eigenvalue weighted by atomic mass is 10.1. The maximum absolute atomic E-state index is 10.6. The number of nitrogens with zero attached hydrogens (tertiary/aromatic N) is 7. The first-order valence-electron chi connectivity index (χ1n) is 30.8. The van der Waals surface area contributed by atoms with Gasteiger partial charge in [0.1, 0.15) is 0 Å². The lowest BCUT2D eigenvalue weighted by Gasteiger charge is -2.34. The second kappa shape index (κ2) is 21.8. The molecule has 0 atom stereocenters. The van der Waals surface area contributed by atoms with E-state index in [-0.39, 0.29) is 0 Å². The molecule has 0 saturated carbocycles. The van der Waals surface area contributed by atoms with Gasteiger partial charge in [0.15, 0.2) is 22.0 Å². The minimum Gasteiger partial charge on any atom is -0.309 e. The zero-order valence-corrected chi connectivity index (χ0v) is 51.4. The first-order valence-corrected chi connectivity index (χ1v) is 34.8. The van der Waals surface area contributed by atoms with Crippen molar-refractivity contribution in [3.63, 3.8) is 0 Å². The van der Waals surface area contributed by atoms with Gasteiger partial charge in [-0.1, -0.05) is 279 Å². The predicted octanol–water partition coefficient (Wildman–Crippen LogP) is 13.5. The molecule has 91 heavy (non-hydrogen) atoms. The second-order valence-corrected chi connectivity index (χ2v) is 31.0. The third-order valence-corrected chi connectivity index (χ3v) is 28.2. The molecule has 9 heteroatoms. The number of nitriles is 1. The summed E-state index contributed by atoms with van der Waals surface area (Å²) in [5, 5.41) is 27.0. The van der Waals surface area contributed by atoms with Crippen molar-refractivity contribution in [2.75, 3.05) is 0 Å². The van der Waals surface area contributed by atoms with Crippen LogP contribution >= 0.6 is 0 Å².